The molecular weight excluding hydrogens is 279 g/mol. The van der Waals surface area contributed by atoms with Crippen LogP contribution in [0.5, 0.6) is 11.5 Å². The Morgan fingerprint density at radius 3 is 2.40 bits per heavy atom. The monoisotopic (exact) mass is 293 g/mol. The molecule has 0 saturated heterocycles. The number of hydrogen-bond acceptors (Lipinski definition) is 4. The van der Waals surface area contributed by atoms with Crippen LogP contribution in [0.3, 0.4) is 0 Å². The van der Waals surface area contributed by atoms with Crippen LogP contribution in [-0.4, -0.2) is 45.5 Å². The first-order valence-corrected chi connectivity index (χ1v) is 5.64. The van der Waals surface area contributed by atoms with Gasteiger partial charge >= 0.3 is 12.1 Å². The molecule has 1 aromatic rings. The minimum absolute atomic E-state index is 0.105. The van der Waals surface area contributed by atoms with E-state index in [9.17, 15) is 23.1 Å². The smallest absolute Gasteiger partial charge is 0.401 e. The molecule has 8 heteroatoms. The molecule has 0 heterocycles. The molecule has 3 N–H and O–H groups in total. The highest BCUT2D eigenvalue weighted by molar-refractivity contribution is 5.69. The van der Waals surface area contributed by atoms with Crippen LogP contribution < -0.4 is 0 Å². The molecule has 0 radical (unpaired) electrons. The zero-order valence-electron chi connectivity index (χ0n) is 10.6. The number of carboxylic acid groups (broad SMARTS) is 1. The number of benzene rings is 1. The highest BCUT2D eigenvalue weighted by Gasteiger charge is 2.34. The van der Waals surface area contributed by atoms with E-state index in [2.05, 4.69) is 0 Å². The Kier molecular flexibility index (Phi) is 4.83. The van der Waals surface area contributed by atoms with Crippen molar-refractivity contribution < 1.29 is 33.3 Å². The number of aromatic hydroxyl groups is 2. The Hall–Kier alpha value is -1.96. The second kappa shape index (κ2) is 6.00. The first-order chi connectivity index (χ1) is 9.10. The molecule has 0 bridgehead atoms. The van der Waals surface area contributed by atoms with E-state index in [0.29, 0.717) is 4.90 Å². The molecule has 1 unspecified atom stereocenters. The predicted octanol–water partition coefficient (Wildman–Crippen LogP) is 2.11. The van der Waals surface area contributed by atoms with Gasteiger partial charge in [0.2, 0.25) is 0 Å². The molecule has 1 aromatic carbocycles. The van der Waals surface area contributed by atoms with Crippen molar-refractivity contribution in [2.75, 3.05) is 13.1 Å². The molecule has 112 valence electrons. The van der Waals surface area contributed by atoms with Crippen molar-refractivity contribution in [3.8, 4) is 11.5 Å². The fourth-order valence-electron chi connectivity index (χ4n) is 1.82. The van der Waals surface area contributed by atoms with E-state index in [1.807, 2.05) is 0 Å². The predicted molar refractivity (Wildman–Crippen MR) is 63.5 cm³/mol. The van der Waals surface area contributed by atoms with E-state index in [-0.39, 0.29) is 11.3 Å². The zero-order valence-corrected chi connectivity index (χ0v) is 10.6. The van der Waals surface area contributed by atoms with Gasteiger partial charge in [0.05, 0.1) is 13.1 Å². The summed E-state index contributed by atoms with van der Waals surface area (Å²) in [6, 6.07) is 2.46. The van der Waals surface area contributed by atoms with Gasteiger partial charge < -0.3 is 15.3 Å². The fraction of sp³-hybridized carbons (Fsp3) is 0.417. The van der Waals surface area contributed by atoms with Gasteiger partial charge in [-0.05, 0) is 13.0 Å². The van der Waals surface area contributed by atoms with E-state index in [0.717, 1.165) is 6.07 Å². The number of hydrogen-bond donors (Lipinski definition) is 3. The lowest BCUT2D eigenvalue weighted by Gasteiger charge is -2.29. The van der Waals surface area contributed by atoms with Crippen molar-refractivity contribution in [2.24, 2.45) is 0 Å². The number of aliphatic carboxylic acids is 1. The summed E-state index contributed by atoms with van der Waals surface area (Å²) in [5, 5.41) is 27.4. The summed E-state index contributed by atoms with van der Waals surface area (Å²) >= 11 is 0. The third-order valence-electron chi connectivity index (χ3n) is 2.73. The van der Waals surface area contributed by atoms with E-state index >= 15 is 0 Å². The molecular formula is C12H14F3NO4. The minimum atomic E-state index is -4.56. The molecule has 0 aliphatic heterocycles. The Bertz CT molecular complexity index is 490. The molecule has 0 fully saturated rings. The number of alkyl halides is 3. The van der Waals surface area contributed by atoms with Gasteiger partial charge in [-0.3, -0.25) is 9.69 Å². The molecule has 1 atom stereocenters. The standard InChI is InChI=1S/C12H14F3NO4/c1-7(9-3-2-8(17)4-10(9)18)16(5-11(19)20)6-12(13,14)15/h2-4,7,17-18H,5-6H2,1H3,(H,19,20). The number of rotatable bonds is 5. The summed E-state index contributed by atoms with van der Waals surface area (Å²) in [7, 11) is 0. The maximum absolute atomic E-state index is 12.5. The average molecular weight is 293 g/mol. The van der Waals surface area contributed by atoms with Crippen LogP contribution in [0, 0.1) is 0 Å². The summed E-state index contributed by atoms with van der Waals surface area (Å²) in [5.74, 6) is -2.03. The molecule has 0 aliphatic carbocycles. The third-order valence-corrected chi connectivity index (χ3v) is 2.73. The Balaban J connectivity index is 3.02. The first kappa shape index (κ1) is 16.1. The van der Waals surface area contributed by atoms with E-state index in [1.165, 1.54) is 19.1 Å². The zero-order chi connectivity index (χ0) is 15.5. The molecule has 5 nitrogen and oxygen atoms in total. The van der Waals surface area contributed by atoms with E-state index < -0.39 is 37.0 Å². The summed E-state index contributed by atoms with van der Waals surface area (Å²) in [5.41, 5.74) is 0.105. The number of phenols is 2. The second-order valence-corrected chi connectivity index (χ2v) is 4.33. The minimum Gasteiger partial charge on any atom is -0.508 e. The number of halogens is 3. The van der Waals surface area contributed by atoms with Gasteiger partial charge in [-0.1, -0.05) is 6.07 Å². The Labute approximate surface area is 112 Å². The largest absolute Gasteiger partial charge is 0.508 e. The molecule has 0 amide bonds. The van der Waals surface area contributed by atoms with Crippen LogP contribution in [-0.2, 0) is 4.79 Å². The maximum Gasteiger partial charge on any atom is 0.401 e. The molecule has 20 heavy (non-hydrogen) atoms. The van der Waals surface area contributed by atoms with Crippen molar-refractivity contribution >= 4 is 5.97 Å². The molecule has 0 saturated carbocycles. The quantitative estimate of drug-likeness (QED) is 0.774. The molecule has 1 rings (SSSR count). The van der Waals surface area contributed by atoms with Gasteiger partial charge in [-0.25, -0.2) is 0 Å². The first-order valence-electron chi connectivity index (χ1n) is 5.64. The number of carboxylic acids is 1. The topological polar surface area (TPSA) is 81.0 Å². The third kappa shape index (κ3) is 4.61. The summed E-state index contributed by atoms with van der Waals surface area (Å²) in [6.45, 7) is -0.886. The fourth-order valence-corrected chi connectivity index (χ4v) is 1.82. The molecule has 0 spiro atoms. The van der Waals surface area contributed by atoms with Gasteiger partial charge in [0.15, 0.2) is 0 Å². The highest BCUT2D eigenvalue weighted by Crippen LogP contribution is 2.32. The number of carbonyl (C=O) groups is 1. The van der Waals surface area contributed by atoms with Gasteiger partial charge in [0, 0.05) is 17.7 Å². The van der Waals surface area contributed by atoms with Crippen molar-refractivity contribution in [3.63, 3.8) is 0 Å². The highest BCUT2D eigenvalue weighted by atomic mass is 19.4. The van der Waals surface area contributed by atoms with E-state index in [4.69, 9.17) is 10.2 Å². The SMILES string of the molecule is CC(c1ccc(O)cc1O)N(CC(=O)O)CC(F)(F)F. The lowest BCUT2D eigenvalue weighted by Crippen LogP contribution is -2.39. The van der Waals surface area contributed by atoms with E-state index in [1.54, 1.807) is 0 Å². The van der Waals surface area contributed by atoms with Gasteiger partial charge in [0.25, 0.3) is 0 Å². The number of nitrogens with zero attached hydrogens (tertiary/aromatic N) is 1. The average Bonchev–Trinajstić information content (AvgIpc) is 2.24. The molecule has 0 aromatic heterocycles. The normalized spacial score (nSPS) is 13.4. The van der Waals surface area contributed by atoms with Crippen molar-refractivity contribution in [1.82, 2.24) is 4.90 Å². The van der Waals surface area contributed by atoms with Crippen molar-refractivity contribution in [3.05, 3.63) is 23.8 Å². The van der Waals surface area contributed by atoms with Crippen LogP contribution >= 0.6 is 0 Å². The second-order valence-electron chi connectivity index (χ2n) is 4.33. The van der Waals surface area contributed by atoms with Gasteiger partial charge in [-0.2, -0.15) is 13.2 Å². The maximum atomic E-state index is 12.5. The van der Waals surface area contributed by atoms with Crippen LogP contribution in [0.15, 0.2) is 18.2 Å². The summed E-state index contributed by atoms with van der Waals surface area (Å²) in [6.07, 6.45) is -4.56. The van der Waals surface area contributed by atoms with Crippen LogP contribution in [0.4, 0.5) is 13.2 Å². The Morgan fingerprint density at radius 2 is 1.95 bits per heavy atom. The van der Waals surface area contributed by atoms with Crippen LogP contribution in [0.25, 0.3) is 0 Å². The Morgan fingerprint density at radius 1 is 1.35 bits per heavy atom. The lowest BCUT2D eigenvalue weighted by atomic mass is 10.1. The van der Waals surface area contributed by atoms with Crippen molar-refractivity contribution in [2.45, 2.75) is 19.1 Å². The van der Waals surface area contributed by atoms with Gasteiger partial charge in [0.1, 0.15) is 11.5 Å². The van der Waals surface area contributed by atoms with Crippen LogP contribution in [0.1, 0.15) is 18.5 Å². The lowest BCUT2D eigenvalue weighted by molar-refractivity contribution is -0.158. The van der Waals surface area contributed by atoms with Crippen molar-refractivity contribution in [1.29, 1.82) is 0 Å². The summed E-state index contributed by atoms with van der Waals surface area (Å²) < 4.78 is 37.4. The van der Waals surface area contributed by atoms with Crippen LogP contribution in [0.2, 0.25) is 0 Å². The molecule has 0 aliphatic rings. The number of phenolic OH excluding ortho intramolecular Hbond substituents is 2. The van der Waals surface area contributed by atoms with Gasteiger partial charge in [-0.15, -0.1) is 0 Å². The summed E-state index contributed by atoms with van der Waals surface area (Å²) in [4.78, 5) is 11.3.